The number of amides is 1. The molecule has 1 atom stereocenters. The molecule has 1 fully saturated rings. The van der Waals surface area contributed by atoms with Crippen LogP contribution in [0.3, 0.4) is 0 Å². The Hall–Kier alpha value is -2.21. The standard InChI is InChI=1S/C16H18FN3O2/c1-2-13-16(22)18-6-7-20(13)9-10-8-14(21)11-4-3-5-12(17)15(11)19-10/h3-5,8,13H,2,6-7,9H2,1H3,(H,18,22)(H,19,21)/t13-/m1/s1. The van der Waals surface area contributed by atoms with Gasteiger partial charge in [-0.2, -0.15) is 0 Å². The number of hydrogen-bond donors (Lipinski definition) is 2. The smallest absolute Gasteiger partial charge is 0.237 e. The summed E-state index contributed by atoms with van der Waals surface area (Å²) >= 11 is 0. The lowest BCUT2D eigenvalue weighted by Crippen LogP contribution is -2.54. The second-order valence-corrected chi connectivity index (χ2v) is 5.51. The van der Waals surface area contributed by atoms with Gasteiger partial charge in [0.05, 0.1) is 11.6 Å². The lowest BCUT2D eigenvalue weighted by atomic mass is 10.1. The van der Waals surface area contributed by atoms with E-state index in [-0.39, 0.29) is 22.9 Å². The zero-order valence-corrected chi connectivity index (χ0v) is 12.4. The normalized spacial score (nSPS) is 19.4. The van der Waals surface area contributed by atoms with Gasteiger partial charge >= 0.3 is 0 Å². The maximum atomic E-state index is 13.9. The number of benzene rings is 1. The maximum Gasteiger partial charge on any atom is 0.237 e. The Morgan fingerprint density at radius 1 is 1.36 bits per heavy atom. The summed E-state index contributed by atoms with van der Waals surface area (Å²) in [5.41, 5.74) is 0.632. The van der Waals surface area contributed by atoms with Crippen LogP contribution in [0.25, 0.3) is 10.9 Å². The van der Waals surface area contributed by atoms with Gasteiger partial charge in [-0.05, 0) is 18.6 Å². The average molecular weight is 303 g/mol. The number of piperazine rings is 1. The van der Waals surface area contributed by atoms with E-state index >= 15 is 0 Å². The van der Waals surface area contributed by atoms with Gasteiger partial charge in [-0.15, -0.1) is 0 Å². The SMILES string of the molecule is CC[C@@H]1C(=O)NCCN1Cc1cc(=O)c2cccc(F)c2[nH]1. The van der Waals surface area contributed by atoms with Crippen LogP contribution in [-0.2, 0) is 11.3 Å². The Morgan fingerprint density at radius 2 is 2.18 bits per heavy atom. The second kappa shape index (κ2) is 5.88. The summed E-state index contributed by atoms with van der Waals surface area (Å²) in [5.74, 6) is -0.442. The van der Waals surface area contributed by atoms with Crippen molar-refractivity contribution in [1.82, 2.24) is 15.2 Å². The molecule has 2 heterocycles. The Bertz CT molecular complexity index is 772. The number of para-hydroxylation sites is 1. The quantitative estimate of drug-likeness (QED) is 0.900. The zero-order valence-electron chi connectivity index (χ0n) is 12.4. The molecule has 1 aromatic carbocycles. The first-order valence-corrected chi connectivity index (χ1v) is 7.42. The highest BCUT2D eigenvalue weighted by molar-refractivity contribution is 5.82. The van der Waals surface area contributed by atoms with Crippen molar-refractivity contribution in [2.24, 2.45) is 0 Å². The van der Waals surface area contributed by atoms with Crippen molar-refractivity contribution >= 4 is 16.8 Å². The molecule has 1 amide bonds. The monoisotopic (exact) mass is 303 g/mol. The highest BCUT2D eigenvalue weighted by Gasteiger charge is 2.28. The van der Waals surface area contributed by atoms with Crippen molar-refractivity contribution in [2.45, 2.75) is 25.9 Å². The van der Waals surface area contributed by atoms with E-state index in [2.05, 4.69) is 10.3 Å². The number of hydrogen-bond acceptors (Lipinski definition) is 3. The van der Waals surface area contributed by atoms with Gasteiger partial charge in [0, 0.05) is 36.8 Å². The first-order chi connectivity index (χ1) is 10.6. The van der Waals surface area contributed by atoms with Crippen LogP contribution < -0.4 is 10.7 Å². The van der Waals surface area contributed by atoms with Crippen molar-refractivity contribution in [2.75, 3.05) is 13.1 Å². The summed E-state index contributed by atoms with van der Waals surface area (Å²) in [6.07, 6.45) is 0.692. The van der Waals surface area contributed by atoms with Crippen LogP contribution in [0.2, 0.25) is 0 Å². The number of nitrogens with zero attached hydrogens (tertiary/aromatic N) is 1. The Labute approximate surface area is 127 Å². The summed E-state index contributed by atoms with van der Waals surface area (Å²) < 4.78 is 13.9. The predicted octanol–water partition coefficient (Wildman–Crippen LogP) is 1.38. The van der Waals surface area contributed by atoms with Gasteiger partial charge in [-0.25, -0.2) is 4.39 Å². The van der Waals surface area contributed by atoms with Crippen LogP contribution in [0.4, 0.5) is 4.39 Å². The lowest BCUT2D eigenvalue weighted by molar-refractivity contribution is -0.129. The zero-order chi connectivity index (χ0) is 15.7. The molecule has 1 aromatic heterocycles. The molecule has 6 heteroatoms. The largest absolute Gasteiger partial charge is 0.355 e. The van der Waals surface area contributed by atoms with Gasteiger partial charge in [0.2, 0.25) is 5.91 Å². The van der Waals surface area contributed by atoms with Gasteiger partial charge in [-0.1, -0.05) is 13.0 Å². The molecular weight excluding hydrogens is 285 g/mol. The van der Waals surface area contributed by atoms with Gasteiger partial charge in [-0.3, -0.25) is 14.5 Å². The van der Waals surface area contributed by atoms with Crippen LogP contribution in [0.15, 0.2) is 29.1 Å². The molecule has 0 aliphatic carbocycles. The molecule has 1 aliphatic heterocycles. The van der Waals surface area contributed by atoms with Gasteiger partial charge in [0.15, 0.2) is 5.43 Å². The molecule has 1 saturated heterocycles. The Morgan fingerprint density at radius 3 is 2.95 bits per heavy atom. The van der Waals surface area contributed by atoms with Crippen LogP contribution in [0, 0.1) is 5.82 Å². The lowest BCUT2D eigenvalue weighted by Gasteiger charge is -2.34. The summed E-state index contributed by atoms with van der Waals surface area (Å²) in [6.45, 7) is 3.67. The molecule has 22 heavy (non-hydrogen) atoms. The number of pyridine rings is 1. The molecule has 5 nitrogen and oxygen atoms in total. The van der Waals surface area contributed by atoms with E-state index in [1.807, 2.05) is 11.8 Å². The van der Waals surface area contributed by atoms with Crippen LogP contribution in [-0.4, -0.2) is 34.9 Å². The van der Waals surface area contributed by atoms with Gasteiger partial charge in [0.1, 0.15) is 5.82 Å². The molecule has 3 rings (SSSR count). The fraction of sp³-hybridized carbons (Fsp3) is 0.375. The third kappa shape index (κ3) is 2.62. The Balaban J connectivity index is 1.95. The van der Waals surface area contributed by atoms with E-state index in [1.165, 1.54) is 18.2 Å². The topological polar surface area (TPSA) is 65.2 Å². The highest BCUT2D eigenvalue weighted by atomic mass is 19.1. The van der Waals surface area contributed by atoms with Crippen LogP contribution in [0.5, 0.6) is 0 Å². The minimum atomic E-state index is -0.445. The molecule has 0 radical (unpaired) electrons. The molecular formula is C16H18FN3O2. The number of carbonyl (C=O) groups excluding carboxylic acids is 1. The number of aromatic amines is 1. The molecule has 0 spiro atoms. The third-order valence-electron chi connectivity index (χ3n) is 4.07. The minimum Gasteiger partial charge on any atom is -0.355 e. The molecule has 1 aliphatic rings. The van der Waals surface area contributed by atoms with Crippen LogP contribution in [0.1, 0.15) is 19.0 Å². The summed E-state index contributed by atoms with van der Waals surface area (Å²) in [5, 5.41) is 3.18. The van der Waals surface area contributed by atoms with E-state index < -0.39 is 5.82 Å². The number of halogens is 1. The number of carbonyl (C=O) groups is 1. The molecule has 0 saturated carbocycles. The van der Waals surface area contributed by atoms with Gasteiger partial charge < -0.3 is 10.3 Å². The van der Waals surface area contributed by atoms with E-state index in [1.54, 1.807) is 6.07 Å². The van der Waals surface area contributed by atoms with E-state index in [9.17, 15) is 14.0 Å². The minimum absolute atomic E-state index is 0.00284. The fourth-order valence-corrected chi connectivity index (χ4v) is 2.99. The number of rotatable bonds is 3. The Kier molecular flexibility index (Phi) is 3.94. The fourth-order valence-electron chi connectivity index (χ4n) is 2.99. The number of fused-ring (bicyclic) bond motifs is 1. The first kappa shape index (κ1) is 14.7. The van der Waals surface area contributed by atoms with Crippen molar-refractivity contribution in [1.29, 1.82) is 0 Å². The first-order valence-electron chi connectivity index (χ1n) is 7.42. The van der Waals surface area contributed by atoms with Gasteiger partial charge in [0.25, 0.3) is 0 Å². The second-order valence-electron chi connectivity index (χ2n) is 5.51. The number of H-pyrrole nitrogens is 1. The highest BCUT2D eigenvalue weighted by Crippen LogP contribution is 2.16. The van der Waals surface area contributed by atoms with E-state index in [0.717, 1.165) is 0 Å². The molecule has 116 valence electrons. The average Bonchev–Trinajstić information content (AvgIpc) is 2.49. The summed E-state index contributed by atoms with van der Waals surface area (Å²) in [4.78, 5) is 29.0. The third-order valence-corrected chi connectivity index (χ3v) is 4.07. The molecule has 0 bridgehead atoms. The van der Waals surface area contributed by atoms with Crippen LogP contribution >= 0.6 is 0 Å². The number of nitrogens with one attached hydrogen (secondary N) is 2. The number of aromatic nitrogens is 1. The predicted molar refractivity (Wildman–Crippen MR) is 82.0 cm³/mol. The molecule has 2 aromatic rings. The van der Waals surface area contributed by atoms with Crippen molar-refractivity contribution in [3.63, 3.8) is 0 Å². The summed E-state index contributed by atoms with van der Waals surface area (Å²) in [7, 11) is 0. The van der Waals surface area contributed by atoms with E-state index in [4.69, 9.17) is 0 Å². The van der Waals surface area contributed by atoms with Crippen molar-refractivity contribution in [3.8, 4) is 0 Å². The van der Waals surface area contributed by atoms with Crippen molar-refractivity contribution < 1.29 is 9.18 Å². The van der Waals surface area contributed by atoms with Crippen molar-refractivity contribution in [3.05, 3.63) is 46.0 Å². The molecule has 2 N–H and O–H groups in total. The maximum absolute atomic E-state index is 13.9. The molecule has 0 unspecified atom stereocenters. The van der Waals surface area contributed by atoms with E-state index in [0.29, 0.717) is 37.1 Å². The summed E-state index contributed by atoms with van der Waals surface area (Å²) in [6, 6.07) is 5.72.